The zero-order valence-corrected chi connectivity index (χ0v) is 16.5. The smallest absolute Gasteiger partial charge is 0.280 e. The van der Waals surface area contributed by atoms with E-state index in [4.69, 9.17) is 25.6 Å². The number of hydrogen-bond donors (Lipinski definition) is 0. The number of halogens is 2. The number of nitrogens with zero attached hydrogens (tertiary/aromatic N) is 5. The Labute approximate surface area is 175 Å². The summed E-state index contributed by atoms with van der Waals surface area (Å²) in [6.07, 6.45) is -0.162. The molecule has 0 saturated carbocycles. The first-order valence-electron chi connectivity index (χ1n) is 9.10. The summed E-state index contributed by atoms with van der Waals surface area (Å²) in [4.78, 5) is 4.34. The number of fused-ring (bicyclic) bond motifs is 1. The van der Waals surface area contributed by atoms with Crippen LogP contribution in [0.4, 0.5) is 4.39 Å². The Morgan fingerprint density at radius 1 is 1.20 bits per heavy atom. The third-order valence-corrected chi connectivity index (χ3v) is 5.13. The molecule has 0 bridgehead atoms. The third-order valence-electron chi connectivity index (χ3n) is 4.88. The van der Waals surface area contributed by atoms with Crippen molar-refractivity contribution in [1.29, 1.82) is 0 Å². The first-order chi connectivity index (χ1) is 14.6. The van der Waals surface area contributed by atoms with Gasteiger partial charge in [0.1, 0.15) is 6.10 Å². The predicted molar refractivity (Wildman–Crippen MR) is 104 cm³/mol. The molecule has 1 aliphatic heterocycles. The number of benzene rings is 2. The van der Waals surface area contributed by atoms with Crippen molar-refractivity contribution in [1.82, 2.24) is 25.1 Å². The van der Waals surface area contributed by atoms with Crippen LogP contribution >= 0.6 is 11.6 Å². The van der Waals surface area contributed by atoms with Crippen molar-refractivity contribution in [3.05, 3.63) is 64.6 Å². The summed E-state index contributed by atoms with van der Waals surface area (Å²) in [7, 11) is 1.40. The van der Waals surface area contributed by atoms with Gasteiger partial charge in [-0.15, -0.1) is 5.10 Å². The highest BCUT2D eigenvalue weighted by molar-refractivity contribution is 6.30. The molecule has 0 radical (unpaired) electrons. The van der Waals surface area contributed by atoms with Crippen LogP contribution in [0, 0.1) is 5.82 Å². The summed E-state index contributed by atoms with van der Waals surface area (Å²) in [5.74, 6) is 0.0614. The summed E-state index contributed by atoms with van der Waals surface area (Å²) in [6.45, 7) is 0.777. The van der Waals surface area contributed by atoms with Crippen LogP contribution < -0.4 is 4.74 Å². The molecule has 2 aromatic carbocycles. The molecule has 10 heteroatoms. The molecule has 8 nitrogen and oxygen atoms in total. The number of hydrogen-bond acceptors (Lipinski definition) is 7. The molecular weight excluding hydrogens is 413 g/mol. The van der Waals surface area contributed by atoms with Crippen molar-refractivity contribution in [3.63, 3.8) is 0 Å². The van der Waals surface area contributed by atoms with Crippen LogP contribution in [0.5, 0.6) is 5.75 Å². The molecule has 0 aliphatic carbocycles. The molecule has 1 atom stereocenters. The topological polar surface area (TPSA) is 88.1 Å². The average Bonchev–Trinajstić information content (AvgIpc) is 3.41. The van der Waals surface area contributed by atoms with Crippen LogP contribution in [0.2, 0.25) is 5.02 Å². The lowest BCUT2D eigenvalue weighted by atomic mass is 10.1. The normalized spacial score (nSPS) is 15.8. The van der Waals surface area contributed by atoms with Crippen LogP contribution in [-0.2, 0) is 17.9 Å². The third kappa shape index (κ3) is 3.31. The summed E-state index contributed by atoms with van der Waals surface area (Å²) >= 11 is 5.95. The Morgan fingerprint density at radius 3 is 2.80 bits per heavy atom. The maximum absolute atomic E-state index is 14.0. The second-order valence-corrected chi connectivity index (χ2v) is 7.13. The Hall–Kier alpha value is -3.30. The van der Waals surface area contributed by atoms with Crippen LogP contribution in [0.15, 0.2) is 47.0 Å². The Bertz CT molecular complexity index is 1210. The first kappa shape index (κ1) is 18.7. The molecule has 4 aromatic rings. The molecule has 1 aliphatic rings. The van der Waals surface area contributed by atoms with Gasteiger partial charge < -0.3 is 14.0 Å². The zero-order chi connectivity index (χ0) is 20.7. The van der Waals surface area contributed by atoms with E-state index >= 15 is 0 Å². The van der Waals surface area contributed by atoms with Gasteiger partial charge in [0.2, 0.25) is 5.82 Å². The molecular formula is C20H15ClFN5O3. The quantitative estimate of drug-likeness (QED) is 0.485. The minimum absolute atomic E-state index is 0.141. The van der Waals surface area contributed by atoms with Gasteiger partial charge >= 0.3 is 0 Å². The summed E-state index contributed by atoms with van der Waals surface area (Å²) < 4.78 is 32.0. The van der Waals surface area contributed by atoms with E-state index in [0.717, 1.165) is 11.3 Å². The fraction of sp³-hybridized carbons (Fsp3) is 0.200. The lowest BCUT2D eigenvalue weighted by Crippen LogP contribution is -2.22. The number of rotatable bonds is 4. The Morgan fingerprint density at radius 2 is 2.03 bits per heavy atom. The van der Waals surface area contributed by atoms with Crippen LogP contribution in [0.25, 0.3) is 23.0 Å². The highest BCUT2D eigenvalue weighted by atomic mass is 35.5. The maximum Gasteiger partial charge on any atom is 0.280 e. The standard InChI is InChI=1S/C20H15ClFN5O3/c1-28-16-7-4-12(8-14(16)22)19-23-20(30-25-19)18-15-10-29-17(9-27(15)26-24-18)11-2-5-13(21)6-3-11/h2-8,17H,9-10H2,1H3/t17-/m0/s1. The molecule has 30 heavy (non-hydrogen) atoms. The van der Waals surface area contributed by atoms with Crippen molar-refractivity contribution in [2.45, 2.75) is 19.3 Å². The average molecular weight is 428 g/mol. The van der Waals surface area contributed by atoms with Gasteiger partial charge in [0.15, 0.2) is 17.3 Å². The van der Waals surface area contributed by atoms with Gasteiger partial charge in [0, 0.05) is 10.6 Å². The maximum atomic E-state index is 14.0. The van der Waals surface area contributed by atoms with E-state index in [0.29, 0.717) is 22.8 Å². The van der Waals surface area contributed by atoms with Crippen LogP contribution in [0.1, 0.15) is 17.4 Å². The first-order valence-corrected chi connectivity index (χ1v) is 9.47. The van der Waals surface area contributed by atoms with E-state index in [2.05, 4.69) is 20.5 Å². The van der Waals surface area contributed by atoms with E-state index in [-0.39, 0.29) is 30.2 Å². The zero-order valence-electron chi connectivity index (χ0n) is 15.7. The monoisotopic (exact) mass is 427 g/mol. The lowest BCUT2D eigenvalue weighted by Gasteiger charge is -2.24. The second kappa shape index (κ2) is 7.51. The fourth-order valence-corrected chi connectivity index (χ4v) is 3.43. The molecule has 152 valence electrons. The van der Waals surface area contributed by atoms with Crippen LogP contribution in [0.3, 0.4) is 0 Å². The number of ether oxygens (including phenoxy) is 2. The molecule has 0 fully saturated rings. The molecule has 0 unspecified atom stereocenters. The molecule has 0 amide bonds. The van der Waals surface area contributed by atoms with Gasteiger partial charge in [0.25, 0.3) is 5.89 Å². The van der Waals surface area contributed by atoms with E-state index in [1.165, 1.54) is 19.2 Å². The highest BCUT2D eigenvalue weighted by Crippen LogP contribution is 2.32. The van der Waals surface area contributed by atoms with Crippen molar-refractivity contribution in [2.75, 3.05) is 7.11 Å². The fourth-order valence-electron chi connectivity index (χ4n) is 3.30. The van der Waals surface area contributed by atoms with Crippen molar-refractivity contribution >= 4 is 11.6 Å². The van der Waals surface area contributed by atoms with Gasteiger partial charge in [-0.3, -0.25) is 0 Å². The Balaban J connectivity index is 1.40. The lowest BCUT2D eigenvalue weighted by molar-refractivity contribution is -0.00117. The van der Waals surface area contributed by atoms with Gasteiger partial charge in [0.05, 0.1) is 26.0 Å². The molecule has 0 saturated heterocycles. The highest BCUT2D eigenvalue weighted by Gasteiger charge is 2.28. The van der Waals surface area contributed by atoms with Gasteiger partial charge in [-0.05, 0) is 35.9 Å². The second-order valence-electron chi connectivity index (χ2n) is 6.69. The minimum Gasteiger partial charge on any atom is -0.494 e. The van der Waals surface area contributed by atoms with Crippen molar-refractivity contribution in [2.24, 2.45) is 0 Å². The van der Waals surface area contributed by atoms with E-state index < -0.39 is 5.82 Å². The molecule has 2 aromatic heterocycles. The van der Waals surface area contributed by atoms with Gasteiger partial charge in [-0.25, -0.2) is 9.07 Å². The summed E-state index contributed by atoms with van der Waals surface area (Å²) in [5.41, 5.74) is 2.64. The van der Waals surface area contributed by atoms with Gasteiger partial charge in [-0.2, -0.15) is 4.98 Å². The minimum atomic E-state index is -0.510. The molecule has 5 rings (SSSR count). The largest absolute Gasteiger partial charge is 0.494 e. The summed E-state index contributed by atoms with van der Waals surface area (Å²) in [6, 6.07) is 11.9. The number of aromatic nitrogens is 5. The van der Waals surface area contributed by atoms with Crippen molar-refractivity contribution < 1.29 is 18.4 Å². The van der Waals surface area contributed by atoms with Crippen LogP contribution in [-0.4, -0.2) is 32.2 Å². The summed E-state index contributed by atoms with van der Waals surface area (Å²) in [5, 5.41) is 13.0. The molecule has 0 N–H and O–H groups in total. The predicted octanol–water partition coefficient (Wildman–Crippen LogP) is 4.07. The van der Waals surface area contributed by atoms with Gasteiger partial charge in [-0.1, -0.05) is 34.1 Å². The SMILES string of the molecule is COc1ccc(-c2noc(-c3nnn4c3CO[C@H](c3ccc(Cl)cc3)C4)n2)cc1F. The number of methoxy groups -OCH3 is 1. The van der Waals surface area contributed by atoms with E-state index in [9.17, 15) is 4.39 Å². The molecule has 0 spiro atoms. The molecule has 3 heterocycles. The Kier molecular flexibility index (Phi) is 4.68. The van der Waals surface area contributed by atoms with Crippen molar-refractivity contribution in [3.8, 4) is 28.7 Å². The van der Waals surface area contributed by atoms with E-state index in [1.54, 1.807) is 10.7 Å². The van der Waals surface area contributed by atoms with E-state index in [1.807, 2.05) is 24.3 Å².